The maximum Gasteiger partial charge on any atom is 0.573 e. The summed E-state index contributed by atoms with van der Waals surface area (Å²) in [5.74, 6) is -1.93. The SMILES string of the molecule is COc1nc2nc(C(F)(F)F)[nH]c2nc1Nc1ccc(OC(F)(F)F)cc1. The summed E-state index contributed by atoms with van der Waals surface area (Å²) in [4.78, 5) is 13.1. The van der Waals surface area contributed by atoms with Gasteiger partial charge >= 0.3 is 12.5 Å². The lowest BCUT2D eigenvalue weighted by Gasteiger charge is -2.11. The third-order valence-corrected chi connectivity index (χ3v) is 3.11. The molecule has 13 heteroatoms. The fraction of sp³-hybridized carbons (Fsp3) is 0.214. The zero-order valence-corrected chi connectivity index (χ0v) is 13.2. The first-order chi connectivity index (χ1) is 12.5. The second kappa shape index (κ2) is 6.48. The number of imidazole rings is 1. The largest absolute Gasteiger partial charge is 0.573 e. The molecule has 2 heterocycles. The predicted octanol–water partition coefficient (Wildman–Crippen LogP) is 4.02. The highest BCUT2D eigenvalue weighted by Crippen LogP contribution is 2.31. The molecule has 27 heavy (non-hydrogen) atoms. The van der Waals surface area contributed by atoms with Gasteiger partial charge < -0.3 is 19.8 Å². The molecule has 0 bridgehead atoms. The number of nitrogens with zero attached hydrogens (tertiary/aromatic N) is 3. The first kappa shape index (κ1) is 18.5. The summed E-state index contributed by atoms with van der Waals surface area (Å²) in [6.07, 6.45) is -9.54. The van der Waals surface area contributed by atoms with Crippen LogP contribution in [0.3, 0.4) is 0 Å². The number of aromatic amines is 1. The van der Waals surface area contributed by atoms with Crippen LogP contribution in [0.25, 0.3) is 11.3 Å². The van der Waals surface area contributed by atoms with Gasteiger partial charge in [0, 0.05) is 5.69 Å². The van der Waals surface area contributed by atoms with Crippen LogP contribution in [0.4, 0.5) is 37.8 Å². The molecule has 0 aliphatic heterocycles. The zero-order chi connectivity index (χ0) is 19.8. The lowest BCUT2D eigenvalue weighted by atomic mass is 10.3. The molecule has 0 spiro atoms. The Balaban J connectivity index is 1.89. The van der Waals surface area contributed by atoms with Gasteiger partial charge in [-0.3, -0.25) is 0 Å². The van der Waals surface area contributed by atoms with Crippen LogP contribution in [0.15, 0.2) is 24.3 Å². The smallest absolute Gasteiger partial charge is 0.478 e. The van der Waals surface area contributed by atoms with Gasteiger partial charge in [0.25, 0.3) is 5.88 Å². The molecule has 2 aromatic heterocycles. The molecule has 1 aromatic carbocycles. The molecule has 2 N–H and O–H groups in total. The Kier molecular flexibility index (Phi) is 4.45. The van der Waals surface area contributed by atoms with Crippen molar-refractivity contribution in [3.63, 3.8) is 0 Å². The summed E-state index contributed by atoms with van der Waals surface area (Å²) in [5, 5.41) is 2.69. The van der Waals surface area contributed by atoms with Gasteiger partial charge in [-0.05, 0) is 24.3 Å². The number of ether oxygens (including phenoxy) is 2. The maximum absolute atomic E-state index is 12.7. The Morgan fingerprint density at radius 2 is 1.63 bits per heavy atom. The fourth-order valence-corrected chi connectivity index (χ4v) is 2.05. The number of halogens is 6. The van der Waals surface area contributed by atoms with Gasteiger partial charge in [0.1, 0.15) is 5.75 Å². The molecule has 0 amide bonds. The van der Waals surface area contributed by atoms with Gasteiger partial charge in [-0.1, -0.05) is 0 Å². The Morgan fingerprint density at radius 1 is 0.963 bits per heavy atom. The van der Waals surface area contributed by atoms with Gasteiger partial charge in [0.05, 0.1) is 7.11 Å². The van der Waals surface area contributed by atoms with Crippen molar-refractivity contribution >= 4 is 22.8 Å². The number of benzene rings is 1. The molecule has 0 unspecified atom stereocenters. The number of hydrogen-bond donors (Lipinski definition) is 2. The van der Waals surface area contributed by atoms with Gasteiger partial charge in [0.15, 0.2) is 11.5 Å². The topological polar surface area (TPSA) is 85.0 Å². The van der Waals surface area contributed by atoms with E-state index in [0.29, 0.717) is 0 Å². The van der Waals surface area contributed by atoms with Crippen molar-refractivity contribution < 1.29 is 35.8 Å². The molecule has 0 aliphatic rings. The van der Waals surface area contributed by atoms with E-state index in [2.05, 4.69) is 25.0 Å². The number of nitrogens with one attached hydrogen (secondary N) is 2. The van der Waals surface area contributed by atoms with Crippen molar-refractivity contribution in [2.24, 2.45) is 0 Å². The van der Waals surface area contributed by atoms with Gasteiger partial charge in [0.2, 0.25) is 11.5 Å². The minimum absolute atomic E-state index is 0.0631. The van der Waals surface area contributed by atoms with Crippen LogP contribution in [-0.2, 0) is 6.18 Å². The molecule has 3 aromatic rings. The van der Waals surface area contributed by atoms with Crippen LogP contribution >= 0.6 is 0 Å². The third kappa shape index (κ3) is 4.30. The van der Waals surface area contributed by atoms with Gasteiger partial charge in [-0.25, -0.2) is 9.97 Å². The van der Waals surface area contributed by atoms with Gasteiger partial charge in [-0.2, -0.15) is 18.2 Å². The van der Waals surface area contributed by atoms with E-state index in [9.17, 15) is 26.3 Å². The molecule has 0 atom stereocenters. The maximum atomic E-state index is 12.7. The molecule has 144 valence electrons. The van der Waals surface area contributed by atoms with Crippen molar-refractivity contribution in [3.05, 3.63) is 30.1 Å². The van der Waals surface area contributed by atoms with E-state index < -0.39 is 24.1 Å². The van der Waals surface area contributed by atoms with Crippen LogP contribution in [0.1, 0.15) is 5.82 Å². The minimum atomic E-state index is -4.83. The third-order valence-electron chi connectivity index (χ3n) is 3.11. The normalized spacial score (nSPS) is 12.3. The van der Waals surface area contributed by atoms with E-state index in [4.69, 9.17) is 4.74 Å². The van der Waals surface area contributed by atoms with Crippen molar-refractivity contribution in [2.45, 2.75) is 12.5 Å². The number of alkyl halides is 6. The highest BCUT2D eigenvalue weighted by molar-refractivity contribution is 5.73. The summed E-state index contributed by atoms with van der Waals surface area (Å²) >= 11 is 0. The lowest BCUT2D eigenvalue weighted by molar-refractivity contribution is -0.274. The first-order valence-electron chi connectivity index (χ1n) is 7.07. The number of aromatic nitrogens is 4. The van der Waals surface area contributed by atoms with Crippen LogP contribution in [0.2, 0.25) is 0 Å². The minimum Gasteiger partial charge on any atom is -0.478 e. The van der Waals surface area contributed by atoms with Crippen molar-refractivity contribution in [3.8, 4) is 11.6 Å². The summed E-state index contributed by atoms with van der Waals surface area (Å²) in [6.45, 7) is 0. The average Bonchev–Trinajstić information content (AvgIpc) is 2.97. The standard InChI is InChI=1S/C14H9F6N5O2/c1-26-11-10(21-6-2-4-7(5-3-6)27-14(18,19)20)22-8-9(23-11)25-12(24-8)13(15,16)17/h2-5H,1H3,(H2,21,22,23,24,25). The summed E-state index contributed by atoms with van der Waals surface area (Å²) in [5.41, 5.74) is -0.284. The van der Waals surface area contributed by atoms with Crippen LogP contribution in [0, 0.1) is 0 Å². The Morgan fingerprint density at radius 3 is 2.19 bits per heavy atom. The number of fused-ring (bicyclic) bond motifs is 1. The van der Waals surface area contributed by atoms with Crippen LogP contribution in [0.5, 0.6) is 11.6 Å². The highest BCUT2D eigenvalue weighted by Gasteiger charge is 2.35. The van der Waals surface area contributed by atoms with Gasteiger partial charge in [-0.15, -0.1) is 13.2 Å². The molecule has 0 saturated carbocycles. The van der Waals surface area contributed by atoms with E-state index in [-0.39, 0.29) is 28.7 Å². The van der Waals surface area contributed by atoms with Crippen LogP contribution in [-0.4, -0.2) is 33.4 Å². The van der Waals surface area contributed by atoms with E-state index >= 15 is 0 Å². The molecular formula is C14H9F6N5O2. The molecule has 3 rings (SSSR count). The predicted molar refractivity (Wildman–Crippen MR) is 79.6 cm³/mol. The lowest BCUT2D eigenvalue weighted by Crippen LogP contribution is -2.17. The number of rotatable bonds is 4. The highest BCUT2D eigenvalue weighted by atomic mass is 19.4. The summed E-state index contributed by atoms with van der Waals surface area (Å²) in [7, 11) is 1.22. The number of anilines is 2. The second-order valence-corrected chi connectivity index (χ2v) is 5.03. The van der Waals surface area contributed by atoms with Crippen LogP contribution < -0.4 is 14.8 Å². The molecule has 0 aliphatic carbocycles. The molecule has 0 saturated heterocycles. The van der Waals surface area contributed by atoms with E-state index in [1.54, 1.807) is 0 Å². The quantitative estimate of drug-likeness (QED) is 0.652. The summed E-state index contributed by atoms with van der Waals surface area (Å²) < 4.78 is 83.4. The summed E-state index contributed by atoms with van der Waals surface area (Å²) in [6, 6.07) is 4.60. The fourth-order valence-electron chi connectivity index (χ4n) is 2.05. The Bertz CT molecular complexity index is 952. The van der Waals surface area contributed by atoms with Crippen molar-refractivity contribution in [1.29, 1.82) is 0 Å². The number of H-pyrrole nitrogens is 1. The first-order valence-corrected chi connectivity index (χ1v) is 7.07. The van der Waals surface area contributed by atoms with Crippen molar-refractivity contribution in [1.82, 2.24) is 19.9 Å². The second-order valence-electron chi connectivity index (χ2n) is 5.03. The molecular weight excluding hydrogens is 384 g/mol. The Hall–Kier alpha value is -3.25. The molecule has 7 nitrogen and oxygen atoms in total. The van der Waals surface area contributed by atoms with Crippen molar-refractivity contribution in [2.75, 3.05) is 12.4 Å². The van der Waals surface area contributed by atoms with E-state index in [1.165, 1.54) is 19.2 Å². The molecule has 0 fully saturated rings. The zero-order valence-electron chi connectivity index (χ0n) is 13.2. The van der Waals surface area contributed by atoms with E-state index in [0.717, 1.165) is 12.1 Å². The number of hydrogen-bond acceptors (Lipinski definition) is 6. The monoisotopic (exact) mass is 393 g/mol. The average molecular weight is 393 g/mol. The Labute approximate surface area is 146 Å². The van der Waals surface area contributed by atoms with E-state index in [1.807, 2.05) is 4.98 Å². The number of methoxy groups -OCH3 is 1. The molecule has 0 radical (unpaired) electrons.